The molecule has 0 aromatic carbocycles. The van der Waals surface area contributed by atoms with Gasteiger partial charge in [0.05, 0.1) is 6.61 Å². The van der Waals surface area contributed by atoms with Crippen molar-refractivity contribution < 1.29 is 14.3 Å². The van der Waals surface area contributed by atoms with E-state index in [0.29, 0.717) is 30.6 Å². The second kappa shape index (κ2) is 18.3. The minimum Gasteiger partial charge on any atom is -0.465 e. The molecule has 0 aliphatic rings. The molecule has 3 nitrogen and oxygen atoms in total. The predicted octanol–water partition coefficient (Wildman–Crippen LogP) is 7.04. The summed E-state index contributed by atoms with van der Waals surface area (Å²) in [5.41, 5.74) is 0. The van der Waals surface area contributed by atoms with Crippen LogP contribution < -0.4 is 0 Å². The van der Waals surface area contributed by atoms with E-state index in [-0.39, 0.29) is 5.97 Å². The molecule has 0 aliphatic carbocycles. The molecule has 0 heterocycles. The molecular formula is C24H44O3. The number of allylic oxidation sites excluding steroid dienone is 2. The lowest BCUT2D eigenvalue weighted by Crippen LogP contribution is -2.16. The van der Waals surface area contributed by atoms with Crippen LogP contribution in [0.1, 0.15) is 111 Å². The Morgan fingerprint density at radius 2 is 1.59 bits per heavy atom. The topological polar surface area (TPSA) is 43.4 Å². The van der Waals surface area contributed by atoms with Crippen molar-refractivity contribution in [1.29, 1.82) is 0 Å². The summed E-state index contributed by atoms with van der Waals surface area (Å²) in [7, 11) is 0. The number of hydrogen-bond donors (Lipinski definition) is 0. The van der Waals surface area contributed by atoms with Gasteiger partial charge in [-0.2, -0.15) is 0 Å². The van der Waals surface area contributed by atoms with Crippen molar-refractivity contribution in [1.82, 2.24) is 0 Å². The number of ether oxygens (including phenoxy) is 1. The van der Waals surface area contributed by atoms with E-state index in [1.165, 1.54) is 25.7 Å². The molecule has 27 heavy (non-hydrogen) atoms. The summed E-state index contributed by atoms with van der Waals surface area (Å²) in [4.78, 5) is 23.0. The fraction of sp³-hybridized carbons (Fsp3) is 0.833. The van der Waals surface area contributed by atoms with Crippen molar-refractivity contribution in [3.05, 3.63) is 12.2 Å². The predicted molar refractivity (Wildman–Crippen MR) is 115 cm³/mol. The van der Waals surface area contributed by atoms with Gasteiger partial charge in [-0.15, -0.1) is 0 Å². The van der Waals surface area contributed by atoms with Crippen LogP contribution in [0.25, 0.3) is 0 Å². The Kier molecular flexibility index (Phi) is 17.5. The molecule has 0 radical (unpaired) electrons. The van der Waals surface area contributed by atoms with E-state index in [0.717, 1.165) is 51.4 Å². The number of rotatable bonds is 18. The molecule has 0 fully saturated rings. The molecule has 0 aromatic rings. The van der Waals surface area contributed by atoms with Gasteiger partial charge in [0.1, 0.15) is 5.78 Å². The Morgan fingerprint density at radius 3 is 2.22 bits per heavy atom. The monoisotopic (exact) mass is 380 g/mol. The van der Waals surface area contributed by atoms with Crippen molar-refractivity contribution >= 4 is 11.8 Å². The van der Waals surface area contributed by atoms with Gasteiger partial charge < -0.3 is 9.53 Å². The number of hydrogen-bond acceptors (Lipinski definition) is 3. The number of Topliss-reactive ketones (excluding diaryl/α,β-unsaturated/α-hetero) is 1. The number of unbranched alkanes of at least 4 members (excludes halogenated alkanes) is 5. The zero-order valence-electron chi connectivity index (χ0n) is 18.4. The Labute approximate surface area is 168 Å². The number of carbonyl (C=O) groups is 2. The zero-order valence-corrected chi connectivity index (χ0v) is 18.4. The summed E-state index contributed by atoms with van der Waals surface area (Å²) in [5.74, 6) is 1.17. The third-order valence-corrected chi connectivity index (χ3v) is 5.34. The third kappa shape index (κ3) is 16.8. The average molecular weight is 381 g/mol. The maximum atomic E-state index is 12.1. The molecule has 2 atom stereocenters. The van der Waals surface area contributed by atoms with Crippen LogP contribution >= 0.6 is 0 Å². The van der Waals surface area contributed by atoms with Crippen LogP contribution in [-0.2, 0) is 14.3 Å². The average Bonchev–Trinajstić information content (AvgIpc) is 2.65. The molecule has 0 aromatic heterocycles. The number of carbonyl (C=O) groups excluding carboxylic acids is 2. The third-order valence-electron chi connectivity index (χ3n) is 5.34. The van der Waals surface area contributed by atoms with Gasteiger partial charge >= 0.3 is 5.97 Å². The van der Waals surface area contributed by atoms with E-state index >= 15 is 0 Å². The first-order chi connectivity index (χ1) is 13.0. The van der Waals surface area contributed by atoms with Crippen molar-refractivity contribution in [2.24, 2.45) is 11.8 Å². The molecule has 0 aliphatic heterocycles. The van der Waals surface area contributed by atoms with Crippen molar-refractivity contribution in [2.45, 2.75) is 111 Å². The Morgan fingerprint density at radius 1 is 0.889 bits per heavy atom. The molecule has 3 heteroatoms. The largest absolute Gasteiger partial charge is 0.465 e. The van der Waals surface area contributed by atoms with E-state index in [4.69, 9.17) is 4.74 Å². The molecule has 0 saturated carbocycles. The van der Waals surface area contributed by atoms with Crippen molar-refractivity contribution in [3.63, 3.8) is 0 Å². The van der Waals surface area contributed by atoms with Crippen LogP contribution in [-0.4, -0.2) is 18.4 Å². The van der Waals surface area contributed by atoms with Crippen LogP contribution in [0.3, 0.4) is 0 Å². The van der Waals surface area contributed by atoms with Gasteiger partial charge in [-0.1, -0.05) is 71.4 Å². The minimum absolute atomic E-state index is 0.0318. The summed E-state index contributed by atoms with van der Waals surface area (Å²) in [6.45, 7) is 8.78. The second-order valence-corrected chi connectivity index (χ2v) is 7.94. The summed E-state index contributed by atoms with van der Waals surface area (Å²) in [6.07, 6.45) is 18.0. The summed E-state index contributed by atoms with van der Waals surface area (Å²) < 4.78 is 5.54. The highest BCUT2D eigenvalue weighted by atomic mass is 16.5. The van der Waals surface area contributed by atoms with E-state index < -0.39 is 0 Å². The lowest BCUT2D eigenvalue weighted by molar-refractivity contribution is -0.146. The maximum Gasteiger partial charge on any atom is 0.306 e. The van der Waals surface area contributed by atoms with Gasteiger partial charge in [-0.05, 0) is 50.9 Å². The second-order valence-electron chi connectivity index (χ2n) is 7.94. The SMILES string of the molecule is CCCCC(CC)COC(=O)CC(CC)CC=CCCCCCCC(C)=O. The van der Waals surface area contributed by atoms with E-state index in [1.54, 1.807) is 6.92 Å². The lowest BCUT2D eigenvalue weighted by atomic mass is 9.97. The normalized spacial score (nSPS) is 13.6. The Bertz CT molecular complexity index is 400. The Balaban J connectivity index is 3.85. The Hall–Kier alpha value is -1.12. The van der Waals surface area contributed by atoms with Gasteiger partial charge in [0.2, 0.25) is 0 Å². The fourth-order valence-corrected chi connectivity index (χ4v) is 3.19. The van der Waals surface area contributed by atoms with Gasteiger partial charge in [-0.3, -0.25) is 4.79 Å². The number of ketones is 1. The van der Waals surface area contributed by atoms with E-state index in [1.807, 2.05) is 0 Å². The molecule has 0 amide bonds. The molecule has 0 spiro atoms. The first-order valence-corrected chi connectivity index (χ1v) is 11.3. The molecule has 0 rings (SSSR count). The highest BCUT2D eigenvalue weighted by Crippen LogP contribution is 2.17. The van der Waals surface area contributed by atoms with Gasteiger partial charge in [-0.25, -0.2) is 0 Å². The molecule has 2 unspecified atom stereocenters. The van der Waals surface area contributed by atoms with Crippen molar-refractivity contribution in [3.8, 4) is 0 Å². The molecule has 158 valence electrons. The quantitative estimate of drug-likeness (QED) is 0.145. The van der Waals surface area contributed by atoms with Crippen molar-refractivity contribution in [2.75, 3.05) is 6.61 Å². The van der Waals surface area contributed by atoms with Crippen LogP contribution in [0.4, 0.5) is 0 Å². The highest BCUT2D eigenvalue weighted by molar-refractivity contribution is 5.75. The first kappa shape index (κ1) is 25.9. The summed E-state index contributed by atoms with van der Waals surface area (Å²) >= 11 is 0. The van der Waals surface area contributed by atoms with E-state index in [9.17, 15) is 9.59 Å². The molecule has 0 saturated heterocycles. The van der Waals surface area contributed by atoms with Gasteiger partial charge in [0.25, 0.3) is 0 Å². The van der Waals surface area contributed by atoms with Crippen LogP contribution in [0.15, 0.2) is 12.2 Å². The lowest BCUT2D eigenvalue weighted by Gasteiger charge is -2.16. The minimum atomic E-state index is -0.0318. The van der Waals surface area contributed by atoms with Crippen LogP contribution in [0, 0.1) is 11.8 Å². The zero-order chi connectivity index (χ0) is 20.3. The summed E-state index contributed by atoms with van der Waals surface area (Å²) in [5, 5.41) is 0. The first-order valence-electron chi connectivity index (χ1n) is 11.3. The highest BCUT2D eigenvalue weighted by Gasteiger charge is 2.14. The molecular weight excluding hydrogens is 336 g/mol. The van der Waals surface area contributed by atoms with Gasteiger partial charge in [0, 0.05) is 12.8 Å². The van der Waals surface area contributed by atoms with Crippen LogP contribution in [0.5, 0.6) is 0 Å². The summed E-state index contributed by atoms with van der Waals surface area (Å²) in [6, 6.07) is 0. The molecule has 0 N–H and O–H groups in total. The standard InChI is InChI=1S/C24H44O3/c1-5-8-17-23(7-3)20-27-24(26)19-22(6-2)18-15-13-11-9-10-12-14-16-21(4)25/h13,15,22-23H,5-12,14,16-20H2,1-4H3. The smallest absolute Gasteiger partial charge is 0.306 e. The van der Waals surface area contributed by atoms with E-state index in [2.05, 4.69) is 32.9 Å². The van der Waals surface area contributed by atoms with Crippen LogP contribution in [0.2, 0.25) is 0 Å². The number of esters is 1. The molecule has 0 bridgehead atoms. The fourth-order valence-electron chi connectivity index (χ4n) is 3.19. The van der Waals surface area contributed by atoms with Gasteiger partial charge in [0.15, 0.2) is 0 Å². The maximum absolute atomic E-state index is 12.1.